The normalized spacial score (nSPS) is 15.9. The molecule has 2 amide bonds. The molecule has 0 heterocycles. The molecule has 0 atom stereocenters. The Hall–Kier alpha value is -1.56. The summed E-state index contributed by atoms with van der Waals surface area (Å²) in [5, 5.41) is 5.54. The van der Waals surface area contributed by atoms with Gasteiger partial charge in [0.25, 0.3) is 0 Å². The summed E-state index contributed by atoms with van der Waals surface area (Å²) in [7, 11) is -3.20. The van der Waals surface area contributed by atoms with Crippen molar-refractivity contribution < 1.29 is 13.2 Å². The van der Waals surface area contributed by atoms with Gasteiger partial charge in [0.2, 0.25) is 0 Å². The molecular weight excluding hydrogens is 288 g/mol. The maximum atomic E-state index is 11.7. The van der Waals surface area contributed by atoms with Crippen LogP contribution in [0.1, 0.15) is 32.1 Å². The Balaban J connectivity index is 1.76. The van der Waals surface area contributed by atoms with E-state index in [9.17, 15) is 13.2 Å². The van der Waals surface area contributed by atoms with Gasteiger partial charge in [-0.3, -0.25) is 0 Å². The zero-order valence-electron chi connectivity index (χ0n) is 12.3. The van der Waals surface area contributed by atoms with Crippen LogP contribution in [0.4, 0.5) is 10.5 Å². The van der Waals surface area contributed by atoms with Crippen LogP contribution in [0.5, 0.6) is 0 Å². The summed E-state index contributed by atoms with van der Waals surface area (Å²) in [6.45, 7) is 0.678. The average Bonchev–Trinajstić information content (AvgIpc) is 2.91. The summed E-state index contributed by atoms with van der Waals surface area (Å²) in [6, 6.07) is 5.91. The van der Waals surface area contributed by atoms with Crippen LogP contribution in [-0.4, -0.2) is 27.2 Å². The van der Waals surface area contributed by atoms with Crippen molar-refractivity contribution in [1.29, 1.82) is 0 Å². The molecule has 1 aliphatic carbocycles. The Labute approximate surface area is 126 Å². The van der Waals surface area contributed by atoms with E-state index in [-0.39, 0.29) is 10.9 Å². The fourth-order valence-corrected chi connectivity index (χ4v) is 3.28. The highest BCUT2D eigenvalue weighted by Crippen LogP contribution is 2.26. The highest BCUT2D eigenvalue weighted by atomic mass is 32.2. The summed E-state index contributed by atoms with van der Waals surface area (Å²) in [4.78, 5) is 12.0. The number of rotatable bonds is 5. The Morgan fingerprint density at radius 1 is 1.19 bits per heavy atom. The monoisotopic (exact) mass is 310 g/mol. The van der Waals surface area contributed by atoms with Gasteiger partial charge in [0.1, 0.15) is 0 Å². The number of nitrogens with one attached hydrogen (secondary N) is 2. The SMILES string of the molecule is CS(=O)(=O)c1ccc(NC(=O)NCCC2CCCC2)cc1. The third kappa shape index (κ3) is 5.04. The zero-order chi connectivity index (χ0) is 15.3. The molecule has 21 heavy (non-hydrogen) atoms. The number of hydrogen-bond donors (Lipinski definition) is 2. The first-order valence-corrected chi connectivity index (χ1v) is 9.19. The van der Waals surface area contributed by atoms with E-state index in [1.807, 2.05) is 0 Å². The smallest absolute Gasteiger partial charge is 0.319 e. The van der Waals surface area contributed by atoms with E-state index < -0.39 is 9.84 Å². The number of urea groups is 1. The van der Waals surface area contributed by atoms with Crippen molar-refractivity contribution in [1.82, 2.24) is 5.32 Å². The molecule has 6 heteroatoms. The van der Waals surface area contributed by atoms with Crippen LogP contribution in [0.2, 0.25) is 0 Å². The van der Waals surface area contributed by atoms with Crippen molar-refractivity contribution in [2.75, 3.05) is 18.1 Å². The number of carbonyl (C=O) groups is 1. The van der Waals surface area contributed by atoms with Crippen LogP contribution < -0.4 is 10.6 Å². The quantitative estimate of drug-likeness (QED) is 0.878. The molecule has 0 saturated heterocycles. The van der Waals surface area contributed by atoms with E-state index in [1.165, 1.54) is 37.8 Å². The molecule has 0 aromatic heterocycles. The van der Waals surface area contributed by atoms with E-state index in [1.54, 1.807) is 12.1 Å². The minimum atomic E-state index is -3.20. The van der Waals surface area contributed by atoms with Gasteiger partial charge >= 0.3 is 6.03 Å². The van der Waals surface area contributed by atoms with E-state index in [0.29, 0.717) is 12.2 Å². The van der Waals surface area contributed by atoms with E-state index in [2.05, 4.69) is 10.6 Å². The highest BCUT2D eigenvalue weighted by molar-refractivity contribution is 7.90. The molecule has 1 aromatic carbocycles. The van der Waals surface area contributed by atoms with Gasteiger partial charge in [-0.2, -0.15) is 0 Å². The molecule has 0 radical (unpaired) electrons. The number of amides is 2. The third-order valence-corrected chi connectivity index (χ3v) is 4.98. The Morgan fingerprint density at radius 3 is 2.38 bits per heavy atom. The lowest BCUT2D eigenvalue weighted by Gasteiger charge is -2.11. The molecule has 0 spiro atoms. The van der Waals surface area contributed by atoms with Crippen molar-refractivity contribution in [2.45, 2.75) is 37.0 Å². The maximum Gasteiger partial charge on any atom is 0.319 e. The van der Waals surface area contributed by atoms with Crippen LogP contribution in [0, 0.1) is 5.92 Å². The Bertz CT molecular complexity index is 575. The predicted molar refractivity (Wildman–Crippen MR) is 83.1 cm³/mol. The second-order valence-corrected chi connectivity index (χ2v) is 7.63. The number of carbonyl (C=O) groups excluding carboxylic acids is 1. The lowest BCUT2D eigenvalue weighted by Crippen LogP contribution is -2.30. The van der Waals surface area contributed by atoms with Crippen molar-refractivity contribution in [3.63, 3.8) is 0 Å². The summed E-state index contributed by atoms with van der Waals surface area (Å²) in [6.07, 6.45) is 7.35. The third-order valence-electron chi connectivity index (χ3n) is 3.85. The van der Waals surface area contributed by atoms with Gasteiger partial charge in [0.15, 0.2) is 9.84 Å². The van der Waals surface area contributed by atoms with Crippen LogP contribution in [0.3, 0.4) is 0 Å². The van der Waals surface area contributed by atoms with Crippen molar-refractivity contribution >= 4 is 21.6 Å². The number of hydrogen-bond acceptors (Lipinski definition) is 3. The molecule has 1 fully saturated rings. The molecule has 1 aromatic rings. The first-order chi connectivity index (χ1) is 9.95. The molecule has 0 aliphatic heterocycles. The molecule has 5 nitrogen and oxygen atoms in total. The molecule has 2 N–H and O–H groups in total. The van der Waals surface area contributed by atoms with Gasteiger partial charge in [-0.05, 0) is 36.6 Å². The minimum absolute atomic E-state index is 0.245. The standard InChI is InChI=1S/C15H22N2O3S/c1-21(19,20)14-8-6-13(7-9-14)17-15(18)16-11-10-12-4-2-3-5-12/h6-9,12H,2-5,10-11H2,1H3,(H2,16,17,18). The average molecular weight is 310 g/mol. The fourth-order valence-electron chi connectivity index (χ4n) is 2.65. The van der Waals surface area contributed by atoms with E-state index >= 15 is 0 Å². The largest absolute Gasteiger partial charge is 0.338 e. The van der Waals surface area contributed by atoms with Crippen LogP contribution in [0.25, 0.3) is 0 Å². The van der Waals surface area contributed by atoms with E-state index in [0.717, 1.165) is 18.6 Å². The van der Waals surface area contributed by atoms with Gasteiger partial charge in [-0.1, -0.05) is 25.7 Å². The summed E-state index contributed by atoms with van der Waals surface area (Å²) in [5.74, 6) is 0.749. The number of anilines is 1. The van der Waals surface area contributed by atoms with Crippen molar-refractivity contribution in [3.8, 4) is 0 Å². The Morgan fingerprint density at radius 2 is 1.81 bits per heavy atom. The molecule has 0 unspecified atom stereocenters. The van der Waals surface area contributed by atoms with Gasteiger partial charge < -0.3 is 10.6 Å². The first-order valence-electron chi connectivity index (χ1n) is 7.30. The van der Waals surface area contributed by atoms with Gasteiger partial charge in [-0.15, -0.1) is 0 Å². The summed E-state index contributed by atoms with van der Waals surface area (Å²) >= 11 is 0. The van der Waals surface area contributed by atoms with Crippen LogP contribution in [0.15, 0.2) is 29.2 Å². The zero-order valence-corrected chi connectivity index (χ0v) is 13.1. The van der Waals surface area contributed by atoms with Gasteiger partial charge in [0.05, 0.1) is 4.90 Å². The number of sulfone groups is 1. The minimum Gasteiger partial charge on any atom is -0.338 e. The van der Waals surface area contributed by atoms with Gasteiger partial charge in [-0.25, -0.2) is 13.2 Å². The maximum absolute atomic E-state index is 11.7. The molecule has 1 saturated carbocycles. The fraction of sp³-hybridized carbons (Fsp3) is 0.533. The summed E-state index contributed by atoms with van der Waals surface area (Å²) in [5.41, 5.74) is 0.584. The first kappa shape index (κ1) is 15.8. The van der Waals surface area contributed by atoms with Gasteiger partial charge in [0, 0.05) is 18.5 Å². The highest BCUT2D eigenvalue weighted by Gasteiger charge is 2.14. The molecule has 116 valence electrons. The number of benzene rings is 1. The van der Waals surface area contributed by atoms with Crippen LogP contribution in [-0.2, 0) is 9.84 Å². The second-order valence-electron chi connectivity index (χ2n) is 5.62. The topological polar surface area (TPSA) is 75.3 Å². The second kappa shape index (κ2) is 6.93. The van der Waals surface area contributed by atoms with Crippen LogP contribution >= 0.6 is 0 Å². The van der Waals surface area contributed by atoms with Crippen molar-refractivity contribution in [3.05, 3.63) is 24.3 Å². The molecule has 0 bridgehead atoms. The lowest BCUT2D eigenvalue weighted by atomic mass is 10.0. The summed E-state index contributed by atoms with van der Waals surface area (Å²) < 4.78 is 22.7. The Kier molecular flexibility index (Phi) is 5.22. The molecule has 2 rings (SSSR count). The van der Waals surface area contributed by atoms with E-state index in [4.69, 9.17) is 0 Å². The lowest BCUT2D eigenvalue weighted by molar-refractivity contribution is 0.251. The molecule has 1 aliphatic rings. The van der Waals surface area contributed by atoms with Crippen molar-refractivity contribution in [2.24, 2.45) is 5.92 Å². The molecular formula is C15H22N2O3S. The predicted octanol–water partition coefficient (Wildman–Crippen LogP) is 2.79.